The smallest absolute Gasteiger partial charge is 0.234 e. The molecule has 2 bridgehead atoms. The highest BCUT2D eigenvalue weighted by molar-refractivity contribution is 9.10. The monoisotopic (exact) mass is 547 g/mol. The molecule has 35 heavy (non-hydrogen) atoms. The molecule has 6 rings (SSSR count). The van der Waals surface area contributed by atoms with Crippen LogP contribution in [0.5, 0.6) is 0 Å². The van der Waals surface area contributed by atoms with Crippen LogP contribution in [-0.2, 0) is 14.4 Å². The van der Waals surface area contributed by atoms with E-state index in [0.29, 0.717) is 5.13 Å². The van der Waals surface area contributed by atoms with E-state index >= 15 is 0 Å². The fourth-order valence-corrected chi connectivity index (χ4v) is 6.88. The Bertz CT molecular complexity index is 1320. The van der Waals surface area contributed by atoms with E-state index in [2.05, 4.69) is 38.4 Å². The third kappa shape index (κ3) is 3.94. The predicted octanol–water partition coefficient (Wildman–Crippen LogP) is 5.45. The number of nitrogens with one attached hydrogen (secondary N) is 1. The summed E-state index contributed by atoms with van der Waals surface area (Å²) in [5, 5.41) is 5.26. The zero-order valence-electron chi connectivity index (χ0n) is 18.6. The molecule has 6 nitrogen and oxygen atoms in total. The van der Waals surface area contributed by atoms with Gasteiger partial charge in [-0.15, -0.1) is 11.3 Å². The standard InChI is InChI=1S/C27H22BrN3O3S/c28-19-8-4-7-16(12-19)21(31-25(33)23-17-9-10-18(11-17)24(23)26(31)34)13-22(32)30-27-29-20(14-35-27)15-5-2-1-3-6-15/h1-10,12,14,17-18,21,23-24H,11,13H2,(H,29,30,32). The van der Waals surface area contributed by atoms with Gasteiger partial charge in [0.2, 0.25) is 17.7 Å². The second-order valence-electron chi connectivity index (χ2n) is 9.27. The van der Waals surface area contributed by atoms with Crippen LogP contribution >= 0.6 is 27.3 Å². The lowest BCUT2D eigenvalue weighted by Crippen LogP contribution is -2.38. The van der Waals surface area contributed by atoms with Crippen molar-refractivity contribution in [2.24, 2.45) is 23.7 Å². The van der Waals surface area contributed by atoms with E-state index in [1.165, 1.54) is 16.2 Å². The summed E-state index contributed by atoms with van der Waals surface area (Å²) < 4.78 is 0.828. The number of likely N-dealkylation sites (tertiary alicyclic amines) is 1. The molecule has 5 unspecified atom stereocenters. The average molecular weight is 548 g/mol. The predicted molar refractivity (Wildman–Crippen MR) is 137 cm³/mol. The van der Waals surface area contributed by atoms with Gasteiger partial charge < -0.3 is 5.32 Å². The molecule has 5 atom stereocenters. The molecule has 8 heteroatoms. The van der Waals surface area contributed by atoms with Crippen molar-refractivity contribution in [2.75, 3.05) is 5.32 Å². The Morgan fingerprint density at radius 1 is 1.06 bits per heavy atom. The summed E-state index contributed by atoms with van der Waals surface area (Å²) in [4.78, 5) is 46.1. The molecule has 1 aromatic heterocycles. The van der Waals surface area contributed by atoms with E-state index < -0.39 is 6.04 Å². The fraction of sp³-hybridized carbons (Fsp3) is 0.259. The lowest BCUT2D eigenvalue weighted by molar-refractivity contribution is -0.144. The lowest BCUT2D eigenvalue weighted by atomic mass is 9.85. The van der Waals surface area contributed by atoms with Gasteiger partial charge in [0.25, 0.3) is 0 Å². The summed E-state index contributed by atoms with van der Waals surface area (Å²) in [5.41, 5.74) is 2.51. The molecule has 0 spiro atoms. The van der Waals surface area contributed by atoms with Crippen LogP contribution in [0.2, 0.25) is 0 Å². The van der Waals surface area contributed by atoms with Crippen molar-refractivity contribution in [1.82, 2.24) is 9.88 Å². The summed E-state index contributed by atoms with van der Waals surface area (Å²) in [7, 11) is 0. The summed E-state index contributed by atoms with van der Waals surface area (Å²) in [5.74, 6) is -0.969. The first-order valence-corrected chi connectivity index (χ1v) is 13.3. The molecule has 176 valence electrons. The molecule has 1 saturated heterocycles. The van der Waals surface area contributed by atoms with Crippen LogP contribution < -0.4 is 5.32 Å². The lowest BCUT2D eigenvalue weighted by Gasteiger charge is -2.28. The van der Waals surface area contributed by atoms with Gasteiger partial charge in [0.05, 0.1) is 30.0 Å². The molecular formula is C27H22BrN3O3S. The van der Waals surface area contributed by atoms with E-state index in [9.17, 15) is 14.4 Å². The molecular weight excluding hydrogens is 526 g/mol. The number of anilines is 1. The number of hydrogen-bond acceptors (Lipinski definition) is 5. The van der Waals surface area contributed by atoms with Crippen LogP contribution in [-0.4, -0.2) is 27.6 Å². The van der Waals surface area contributed by atoms with E-state index in [-0.39, 0.29) is 47.8 Å². The van der Waals surface area contributed by atoms with Gasteiger partial charge in [-0.2, -0.15) is 0 Å². The van der Waals surface area contributed by atoms with E-state index in [1.54, 1.807) is 0 Å². The summed E-state index contributed by atoms with van der Waals surface area (Å²) >= 11 is 4.83. The maximum Gasteiger partial charge on any atom is 0.234 e. The highest BCUT2D eigenvalue weighted by Gasteiger charge is 2.60. The van der Waals surface area contributed by atoms with Crippen molar-refractivity contribution < 1.29 is 14.4 Å². The summed E-state index contributed by atoms with van der Waals surface area (Å²) in [6, 6.07) is 16.6. The number of aromatic nitrogens is 1. The van der Waals surface area contributed by atoms with Crippen LogP contribution in [0, 0.1) is 23.7 Å². The Morgan fingerprint density at radius 2 is 1.77 bits per heavy atom. The number of rotatable bonds is 6. The van der Waals surface area contributed by atoms with Gasteiger partial charge in [-0.1, -0.05) is 70.5 Å². The van der Waals surface area contributed by atoms with Crippen molar-refractivity contribution in [3.05, 3.63) is 82.2 Å². The second-order valence-corrected chi connectivity index (χ2v) is 11.0. The summed E-state index contributed by atoms with van der Waals surface area (Å²) in [6.45, 7) is 0. The zero-order chi connectivity index (χ0) is 24.1. The third-order valence-corrected chi connectivity index (χ3v) is 8.50. The Morgan fingerprint density at radius 3 is 2.46 bits per heavy atom. The number of imide groups is 1. The van der Waals surface area contributed by atoms with Crippen molar-refractivity contribution in [3.8, 4) is 11.3 Å². The molecule has 2 heterocycles. The maximum atomic E-state index is 13.5. The molecule has 2 aliphatic carbocycles. The number of fused-ring (bicyclic) bond motifs is 5. The molecule has 3 aliphatic rings. The number of benzene rings is 2. The molecule has 0 radical (unpaired) electrons. The first-order valence-electron chi connectivity index (χ1n) is 11.6. The Balaban J connectivity index is 1.26. The number of halogens is 1. The highest BCUT2D eigenvalue weighted by atomic mass is 79.9. The molecule has 1 aliphatic heterocycles. The van der Waals surface area contributed by atoms with Crippen LogP contribution in [0.25, 0.3) is 11.3 Å². The Labute approximate surface area is 215 Å². The maximum absolute atomic E-state index is 13.5. The van der Waals surface area contributed by atoms with E-state index in [4.69, 9.17) is 0 Å². The molecule has 3 amide bonds. The van der Waals surface area contributed by atoms with Gasteiger partial charge in [0, 0.05) is 15.4 Å². The van der Waals surface area contributed by atoms with Crippen LogP contribution in [0.1, 0.15) is 24.4 Å². The molecule has 2 fully saturated rings. The van der Waals surface area contributed by atoms with E-state index in [0.717, 1.165) is 27.7 Å². The minimum atomic E-state index is -0.675. The number of allylic oxidation sites excluding steroid dienone is 2. The first kappa shape index (κ1) is 22.4. The topological polar surface area (TPSA) is 79.4 Å². The van der Waals surface area contributed by atoms with Crippen molar-refractivity contribution in [3.63, 3.8) is 0 Å². The Kier molecular flexibility index (Phi) is 5.65. The number of amides is 3. The molecule has 1 saturated carbocycles. The Hall–Kier alpha value is -3.10. The first-order chi connectivity index (χ1) is 17.0. The molecule has 3 aromatic rings. The van der Waals surface area contributed by atoms with Crippen molar-refractivity contribution >= 4 is 50.1 Å². The highest BCUT2D eigenvalue weighted by Crippen LogP contribution is 2.54. The van der Waals surface area contributed by atoms with Crippen LogP contribution in [0.15, 0.2) is 76.6 Å². The van der Waals surface area contributed by atoms with Gasteiger partial charge in [0.1, 0.15) is 0 Å². The zero-order valence-corrected chi connectivity index (χ0v) is 21.0. The molecule has 1 N–H and O–H groups in total. The molecule has 2 aromatic carbocycles. The van der Waals surface area contributed by atoms with Gasteiger partial charge in [0.15, 0.2) is 5.13 Å². The minimum Gasteiger partial charge on any atom is -0.302 e. The van der Waals surface area contributed by atoms with Crippen molar-refractivity contribution in [1.29, 1.82) is 0 Å². The number of carbonyl (C=O) groups is 3. The summed E-state index contributed by atoms with van der Waals surface area (Å²) in [6.07, 6.45) is 5.00. The van der Waals surface area contributed by atoms with E-state index in [1.807, 2.05) is 60.0 Å². The number of thiazole rings is 1. The van der Waals surface area contributed by atoms with Crippen LogP contribution in [0.4, 0.5) is 5.13 Å². The van der Waals surface area contributed by atoms with Crippen molar-refractivity contribution in [2.45, 2.75) is 18.9 Å². The number of hydrogen-bond donors (Lipinski definition) is 1. The van der Waals surface area contributed by atoms with Gasteiger partial charge in [-0.25, -0.2) is 4.98 Å². The SMILES string of the molecule is O=C(CC(c1cccc(Br)c1)N1C(=O)C2C3C=CC(C3)C2C1=O)Nc1nc(-c2ccccc2)cs1. The normalized spacial score (nSPS) is 25.2. The fourth-order valence-electron chi connectivity index (χ4n) is 5.72. The van der Waals surface area contributed by atoms with Gasteiger partial charge >= 0.3 is 0 Å². The van der Waals surface area contributed by atoms with Gasteiger partial charge in [-0.05, 0) is 36.0 Å². The van der Waals surface area contributed by atoms with Gasteiger partial charge in [-0.3, -0.25) is 19.3 Å². The minimum absolute atomic E-state index is 0.0314. The quantitative estimate of drug-likeness (QED) is 0.328. The number of nitrogens with zero attached hydrogens (tertiary/aromatic N) is 2. The largest absolute Gasteiger partial charge is 0.302 e. The third-order valence-electron chi connectivity index (χ3n) is 7.25. The van der Waals surface area contributed by atoms with Crippen LogP contribution in [0.3, 0.4) is 0 Å². The number of carbonyl (C=O) groups excluding carboxylic acids is 3. The average Bonchev–Trinajstić information content (AvgIpc) is 3.63. The second kappa shape index (κ2) is 8.84.